The van der Waals surface area contributed by atoms with Crippen LogP contribution in [0.3, 0.4) is 0 Å². The summed E-state index contributed by atoms with van der Waals surface area (Å²) in [4.78, 5) is 0. The Morgan fingerprint density at radius 2 is 2.50 bits per heavy atom. The Morgan fingerprint density at radius 1 is 1.83 bits per heavy atom. The van der Waals surface area contributed by atoms with Crippen molar-refractivity contribution in [2.24, 2.45) is 0 Å². The van der Waals surface area contributed by atoms with E-state index in [-0.39, 0.29) is 12.6 Å². The monoisotopic (exact) mass is 165 g/mol. The van der Waals surface area contributed by atoms with Gasteiger partial charge in [-0.25, -0.2) is 0 Å². The quantitative estimate of drug-likeness (QED) is 0.698. The van der Waals surface area contributed by atoms with Gasteiger partial charge >= 0.3 is 0 Å². The zero-order valence-corrected chi connectivity index (χ0v) is 7.15. The van der Waals surface area contributed by atoms with Crippen molar-refractivity contribution in [2.75, 3.05) is 6.61 Å². The first kappa shape index (κ1) is 8.75. The van der Waals surface area contributed by atoms with E-state index in [9.17, 15) is 0 Å². The maximum absolute atomic E-state index is 8.82. The zero-order valence-electron chi connectivity index (χ0n) is 7.15. The molecule has 0 radical (unpaired) electrons. The lowest BCUT2D eigenvalue weighted by Crippen LogP contribution is -2.09. The van der Waals surface area contributed by atoms with E-state index in [0.717, 1.165) is 5.56 Å². The number of hydrogen-bond acceptors (Lipinski definition) is 3. The van der Waals surface area contributed by atoms with E-state index in [1.165, 1.54) is 0 Å². The molecule has 1 atom stereocenters. The molecule has 0 spiro atoms. The average molecular weight is 165 g/mol. The summed E-state index contributed by atoms with van der Waals surface area (Å²) in [7, 11) is 0. The SMILES string of the molecule is Cc1cn(C(C)CO)nc1C#N. The number of aromatic nitrogens is 2. The van der Waals surface area contributed by atoms with Crippen LogP contribution in [0.5, 0.6) is 0 Å². The lowest BCUT2D eigenvalue weighted by atomic mass is 10.3. The van der Waals surface area contributed by atoms with Gasteiger partial charge in [-0.15, -0.1) is 0 Å². The molecule has 0 aliphatic carbocycles. The van der Waals surface area contributed by atoms with E-state index in [4.69, 9.17) is 10.4 Å². The van der Waals surface area contributed by atoms with Crippen molar-refractivity contribution < 1.29 is 5.11 Å². The molecule has 64 valence electrons. The normalized spacial score (nSPS) is 12.5. The van der Waals surface area contributed by atoms with Gasteiger partial charge in [-0.1, -0.05) is 0 Å². The van der Waals surface area contributed by atoms with Crippen molar-refractivity contribution in [2.45, 2.75) is 19.9 Å². The van der Waals surface area contributed by atoms with E-state index in [2.05, 4.69) is 5.10 Å². The molecule has 1 unspecified atom stereocenters. The number of aryl methyl sites for hydroxylation is 1. The molecule has 4 heteroatoms. The van der Waals surface area contributed by atoms with Crippen molar-refractivity contribution in [1.29, 1.82) is 5.26 Å². The Labute approximate surface area is 71.1 Å². The van der Waals surface area contributed by atoms with Crippen LogP contribution in [0, 0.1) is 18.3 Å². The van der Waals surface area contributed by atoms with Crippen LogP contribution >= 0.6 is 0 Å². The van der Waals surface area contributed by atoms with E-state index in [0.29, 0.717) is 5.69 Å². The topological polar surface area (TPSA) is 61.8 Å². The molecule has 0 aromatic carbocycles. The number of aliphatic hydroxyl groups excluding tert-OH is 1. The Balaban J connectivity index is 2.98. The minimum atomic E-state index is -0.0641. The first-order valence-electron chi connectivity index (χ1n) is 3.75. The van der Waals surface area contributed by atoms with Gasteiger partial charge in [0, 0.05) is 11.8 Å². The number of nitriles is 1. The predicted octanol–water partition coefficient (Wildman–Crippen LogP) is 0.616. The van der Waals surface area contributed by atoms with E-state index in [1.807, 2.05) is 19.9 Å². The van der Waals surface area contributed by atoms with Crippen LogP contribution in [0.4, 0.5) is 0 Å². The summed E-state index contributed by atoms with van der Waals surface area (Å²) in [5.74, 6) is 0. The molecule has 4 nitrogen and oxygen atoms in total. The Kier molecular flexibility index (Phi) is 2.46. The third kappa shape index (κ3) is 1.46. The summed E-state index contributed by atoms with van der Waals surface area (Å²) in [6.07, 6.45) is 1.76. The molecule has 1 N–H and O–H groups in total. The fourth-order valence-electron chi connectivity index (χ4n) is 0.903. The Morgan fingerprint density at radius 3 is 2.92 bits per heavy atom. The highest BCUT2D eigenvalue weighted by molar-refractivity contribution is 5.27. The molecule has 1 aromatic rings. The molecule has 0 aliphatic heterocycles. The second kappa shape index (κ2) is 3.37. The van der Waals surface area contributed by atoms with Gasteiger partial charge in [0.05, 0.1) is 12.6 Å². The van der Waals surface area contributed by atoms with Gasteiger partial charge in [0.25, 0.3) is 0 Å². The van der Waals surface area contributed by atoms with E-state index in [1.54, 1.807) is 10.9 Å². The molecule has 0 fully saturated rings. The van der Waals surface area contributed by atoms with Crippen LogP contribution in [0.2, 0.25) is 0 Å². The summed E-state index contributed by atoms with van der Waals surface area (Å²) >= 11 is 0. The van der Waals surface area contributed by atoms with Gasteiger partial charge in [-0.2, -0.15) is 10.4 Å². The lowest BCUT2D eigenvalue weighted by Gasteiger charge is -2.06. The van der Waals surface area contributed by atoms with Crippen LogP contribution in [-0.2, 0) is 0 Å². The van der Waals surface area contributed by atoms with Crippen LogP contribution in [0.25, 0.3) is 0 Å². The van der Waals surface area contributed by atoms with Gasteiger partial charge in [-0.05, 0) is 13.8 Å². The number of rotatable bonds is 2. The second-order valence-electron chi connectivity index (χ2n) is 2.78. The summed E-state index contributed by atoms with van der Waals surface area (Å²) in [5, 5.41) is 21.4. The number of aliphatic hydroxyl groups is 1. The maximum Gasteiger partial charge on any atom is 0.165 e. The molecule has 0 amide bonds. The van der Waals surface area contributed by atoms with Crippen molar-refractivity contribution in [3.8, 4) is 6.07 Å². The molecule has 12 heavy (non-hydrogen) atoms. The summed E-state index contributed by atoms with van der Waals surface area (Å²) < 4.78 is 1.61. The van der Waals surface area contributed by atoms with E-state index < -0.39 is 0 Å². The van der Waals surface area contributed by atoms with Crippen LogP contribution in [0.15, 0.2) is 6.20 Å². The minimum absolute atomic E-state index is 0.0337. The van der Waals surface area contributed by atoms with Crippen LogP contribution in [0.1, 0.15) is 24.2 Å². The fourth-order valence-corrected chi connectivity index (χ4v) is 0.903. The first-order chi connectivity index (χ1) is 5.69. The third-order valence-electron chi connectivity index (χ3n) is 1.74. The molecule has 0 aliphatic rings. The van der Waals surface area contributed by atoms with Crippen molar-refractivity contribution in [3.63, 3.8) is 0 Å². The minimum Gasteiger partial charge on any atom is -0.394 e. The summed E-state index contributed by atoms with van der Waals surface area (Å²) in [6.45, 7) is 3.70. The Hall–Kier alpha value is -1.34. The van der Waals surface area contributed by atoms with Crippen molar-refractivity contribution in [1.82, 2.24) is 9.78 Å². The van der Waals surface area contributed by atoms with E-state index >= 15 is 0 Å². The van der Waals surface area contributed by atoms with Gasteiger partial charge in [0.15, 0.2) is 5.69 Å². The van der Waals surface area contributed by atoms with Gasteiger partial charge in [-0.3, -0.25) is 4.68 Å². The van der Waals surface area contributed by atoms with Crippen LogP contribution < -0.4 is 0 Å². The zero-order chi connectivity index (χ0) is 9.14. The molecule has 1 aromatic heterocycles. The summed E-state index contributed by atoms with van der Waals surface area (Å²) in [6, 6.07) is 1.92. The number of nitrogens with zero attached hydrogens (tertiary/aromatic N) is 3. The highest BCUT2D eigenvalue weighted by atomic mass is 16.3. The Bertz CT molecular complexity index is 311. The van der Waals surface area contributed by atoms with Crippen LogP contribution in [-0.4, -0.2) is 21.5 Å². The first-order valence-corrected chi connectivity index (χ1v) is 3.75. The second-order valence-corrected chi connectivity index (χ2v) is 2.78. The fraction of sp³-hybridized carbons (Fsp3) is 0.500. The van der Waals surface area contributed by atoms with Gasteiger partial charge < -0.3 is 5.11 Å². The smallest absolute Gasteiger partial charge is 0.165 e. The molecule has 1 heterocycles. The number of hydrogen-bond donors (Lipinski definition) is 1. The lowest BCUT2D eigenvalue weighted by molar-refractivity contribution is 0.229. The standard InChI is InChI=1S/C8H11N3O/c1-6-4-11(7(2)5-12)10-8(6)3-9/h4,7,12H,5H2,1-2H3. The molecular formula is C8H11N3O. The molecule has 0 saturated carbocycles. The molecule has 0 saturated heterocycles. The van der Waals surface area contributed by atoms with Crippen molar-refractivity contribution in [3.05, 3.63) is 17.5 Å². The molecule has 1 rings (SSSR count). The average Bonchev–Trinajstić information content (AvgIpc) is 2.45. The molecular weight excluding hydrogens is 154 g/mol. The summed E-state index contributed by atoms with van der Waals surface area (Å²) in [5.41, 5.74) is 1.27. The highest BCUT2D eigenvalue weighted by Crippen LogP contribution is 2.08. The third-order valence-corrected chi connectivity index (χ3v) is 1.74. The van der Waals surface area contributed by atoms with Crippen molar-refractivity contribution >= 4 is 0 Å². The maximum atomic E-state index is 8.82. The largest absolute Gasteiger partial charge is 0.394 e. The highest BCUT2D eigenvalue weighted by Gasteiger charge is 2.07. The predicted molar refractivity (Wildman–Crippen MR) is 43.5 cm³/mol. The molecule has 0 bridgehead atoms. The van der Waals surface area contributed by atoms with Gasteiger partial charge in [0.2, 0.25) is 0 Å². The van der Waals surface area contributed by atoms with Gasteiger partial charge in [0.1, 0.15) is 6.07 Å².